The number of alkyl halides is 3. The smallest absolute Gasteiger partial charge is 0.406 e. The van der Waals surface area contributed by atoms with Crippen LogP contribution in [0.3, 0.4) is 0 Å². The van der Waals surface area contributed by atoms with Crippen molar-refractivity contribution in [2.24, 2.45) is 0 Å². The normalized spacial score (nSPS) is 11.3. The van der Waals surface area contributed by atoms with Gasteiger partial charge in [0, 0.05) is 16.8 Å². The highest BCUT2D eigenvalue weighted by molar-refractivity contribution is 5.73. The summed E-state index contributed by atoms with van der Waals surface area (Å²) in [6.07, 6.45) is -3.13. The van der Waals surface area contributed by atoms with Gasteiger partial charge in [0.25, 0.3) is 0 Å². The Bertz CT molecular complexity index is 1060. The monoisotopic (exact) mass is 431 g/mol. The average molecular weight is 431 g/mol. The van der Waals surface area contributed by atoms with Gasteiger partial charge in [-0.05, 0) is 67.4 Å². The molecule has 0 aliphatic heterocycles. The third kappa shape index (κ3) is 5.81. The lowest BCUT2D eigenvalue weighted by atomic mass is 10.0. The number of anilines is 2. The Morgan fingerprint density at radius 2 is 1.68 bits per heavy atom. The molecule has 31 heavy (non-hydrogen) atoms. The summed E-state index contributed by atoms with van der Waals surface area (Å²) in [5.74, 6) is 0.177. The van der Waals surface area contributed by atoms with Gasteiger partial charge >= 0.3 is 6.36 Å². The van der Waals surface area contributed by atoms with E-state index in [9.17, 15) is 17.6 Å². The Hall–Kier alpha value is -3.42. The van der Waals surface area contributed by atoms with Crippen LogP contribution in [0.15, 0.2) is 55.1 Å². The zero-order chi connectivity index (χ0) is 22.6. The fourth-order valence-corrected chi connectivity index (χ4v) is 3.01. The Balaban J connectivity index is 1.98. The standard InChI is InChI=1S/C23H21F4N3O/c1-4-5-14(2)20-15(3)21(30-22(29-20)16-6-8-17(24)9-7-16)28-18-10-12-19(13-11-18)31-23(25,26)27/h6-13H,2,4-5H2,1,3H3,(H,28,29,30). The van der Waals surface area contributed by atoms with E-state index < -0.39 is 6.36 Å². The maximum Gasteiger partial charge on any atom is 0.573 e. The van der Waals surface area contributed by atoms with Gasteiger partial charge in [0.1, 0.15) is 17.4 Å². The largest absolute Gasteiger partial charge is 0.573 e. The molecule has 2 aromatic carbocycles. The van der Waals surface area contributed by atoms with Crippen molar-refractivity contribution in [1.82, 2.24) is 9.97 Å². The maximum absolute atomic E-state index is 13.3. The summed E-state index contributed by atoms with van der Waals surface area (Å²) in [5.41, 5.74) is 3.41. The topological polar surface area (TPSA) is 47.0 Å². The molecule has 0 aliphatic rings. The first kappa shape index (κ1) is 22.3. The van der Waals surface area contributed by atoms with E-state index in [-0.39, 0.29) is 11.6 Å². The molecule has 0 saturated heterocycles. The van der Waals surface area contributed by atoms with Crippen molar-refractivity contribution in [2.75, 3.05) is 5.32 Å². The van der Waals surface area contributed by atoms with Gasteiger partial charge in [0.15, 0.2) is 5.82 Å². The number of allylic oxidation sites excluding steroid dienone is 1. The number of benzene rings is 2. The van der Waals surface area contributed by atoms with E-state index in [2.05, 4.69) is 26.6 Å². The number of nitrogens with zero attached hydrogens (tertiary/aromatic N) is 2. The van der Waals surface area contributed by atoms with E-state index >= 15 is 0 Å². The fraction of sp³-hybridized carbons (Fsp3) is 0.217. The first-order valence-electron chi connectivity index (χ1n) is 9.62. The summed E-state index contributed by atoms with van der Waals surface area (Å²) in [4.78, 5) is 9.18. The van der Waals surface area contributed by atoms with Crippen LogP contribution in [0.4, 0.5) is 29.1 Å². The van der Waals surface area contributed by atoms with Crippen LogP contribution in [0.2, 0.25) is 0 Å². The van der Waals surface area contributed by atoms with Crippen LogP contribution in [-0.4, -0.2) is 16.3 Å². The van der Waals surface area contributed by atoms with E-state index in [4.69, 9.17) is 0 Å². The van der Waals surface area contributed by atoms with E-state index in [1.807, 2.05) is 13.8 Å². The molecule has 0 spiro atoms. The van der Waals surface area contributed by atoms with Gasteiger partial charge in [0.05, 0.1) is 5.69 Å². The zero-order valence-corrected chi connectivity index (χ0v) is 17.1. The SMILES string of the molecule is C=C(CCC)c1nc(-c2ccc(F)cc2)nc(Nc2ccc(OC(F)(F)F)cc2)c1C. The molecule has 3 rings (SSSR count). The van der Waals surface area contributed by atoms with Crippen LogP contribution in [0, 0.1) is 12.7 Å². The molecule has 0 saturated carbocycles. The van der Waals surface area contributed by atoms with Crippen molar-refractivity contribution >= 4 is 17.1 Å². The zero-order valence-electron chi connectivity index (χ0n) is 17.1. The van der Waals surface area contributed by atoms with Crippen LogP contribution in [0.5, 0.6) is 5.75 Å². The molecule has 162 valence electrons. The van der Waals surface area contributed by atoms with Gasteiger partial charge in [-0.1, -0.05) is 19.9 Å². The van der Waals surface area contributed by atoms with Crippen molar-refractivity contribution in [1.29, 1.82) is 0 Å². The number of hydrogen-bond donors (Lipinski definition) is 1. The lowest BCUT2D eigenvalue weighted by Gasteiger charge is -2.16. The molecule has 1 N–H and O–H groups in total. The Kier molecular flexibility index (Phi) is 6.58. The van der Waals surface area contributed by atoms with Gasteiger partial charge in [-0.15, -0.1) is 13.2 Å². The summed E-state index contributed by atoms with van der Waals surface area (Å²) < 4.78 is 54.3. The summed E-state index contributed by atoms with van der Waals surface area (Å²) in [6.45, 7) is 7.99. The molecule has 0 fully saturated rings. The minimum absolute atomic E-state index is 0.318. The number of halogens is 4. The fourth-order valence-electron chi connectivity index (χ4n) is 3.01. The summed E-state index contributed by atoms with van der Waals surface area (Å²) in [7, 11) is 0. The van der Waals surface area contributed by atoms with E-state index in [1.54, 1.807) is 12.1 Å². The second-order valence-corrected chi connectivity index (χ2v) is 6.93. The molecule has 0 unspecified atom stereocenters. The lowest BCUT2D eigenvalue weighted by Crippen LogP contribution is -2.17. The summed E-state index contributed by atoms with van der Waals surface area (Å²) in [5, 5.41) is 3.12. The molecule has 4 nitrogen and oxygen atoms in total. The van der Waals surface area contributed by atoms with Gasteiger partial charge in [-0.3, -0.25) is 0 Å². The molecular weight excluding hydrogens is 410 g/mol. The van der Waals surface area contributed by atoms with Gasteiger partial charge in [-0.2, -0.15) is 0 Å². The van der Waals surface area contributed by atoms with Crippen molar-refractivity contribution in [3.8, 4) is 17.1 Å². The maximum atomic E-state index is 13.3. The second kappa shape index (κ2) is 9.16. The average Bonchev–Trinajstić information content (AvgIpc) is 2.70. The Morgan fingerprint density at radius 1 is 1.03 bits per heavy atom. The van der Waals surface area contributed by atoms with E-state index in [0.717, 1.165) is 24.0 Å². The number of nitrogens with one attached hydrogen (secondary N) is 1. The molecule has 1 aromatic heterocycles. The summed E-state index contributed by atoms with van der Waals surface area (Å²) in [6, 6.07) is 11.2. The van der Waals surface area contributed by atoms with Crippen molar-refractivity contribution in [3.63, 3.8) is 0 Å². The predicted octanol–water partition coefficient (Wildman–Crippen LogP) is 7.05. The minimum Gasteiger partial charge on any atom is -0.406 e. The third-order valence-corrected chi connectivity index (χ3v) is 4.49. The molecule has 1 heterocycles. The van der Waals surface area contributed by atoms with Crippen molar-refractivity contribution in [3.05, 3.63) is 72.2 Å². The Labute approximate surface area is 177 Å². The van der Waals surface area contributed by atoms with Crippen molar-refractivity contribution in [2.45, 2.75) is 33.1 Å². The van der Waals surface area contributed by atoms with Crippen molar-refractivity contribution < 1.29 is 22.3 Å². The van der Waals surface area contributed by atoms with Crippen LogP contribution in [0.25, 0.3) is 17.0 Å². The van der Waals surface area contributed by atoms with Gasteiger partial charge in [0.2, 0.25) is 0 Å². The van der Waals surface area contributed by atoms with Gasteiger partial charge < -0.3 is 10.1 Å². The van der Waals surface area contributed by atoms with Crippen LogP contribution in [0.1, 0.15) is 31.0 Å². The molecule has 0 amide bonds. The molecule has 8 heteroatoms. The van der Waals surface area contributed by atoms with Gasteiger partial charge in [-0.25, -0.2) is 14.4 Å². The highest BCUT2D eigenvalue weighted by atomic mass is 19.4. The predicted molar refractivity (Wildman–Crippen MR) is 113 cm³/mol. The van der Waals surface area contributed by atoms with Crippen LogP contribution in [-0.2, 0) is 0 Å². The quantitative estimate of drug-likeness (QED) is 0.407. The van der Waals surface area contributed by atoms with E-state index in [1.165, 1.54) is 36.4 Å². The molecule has 3 aromatic rings. The number of rotatable bonds is 7. The minimum atomic E-state index is -4.75. The summed E-state index contributed by atoms with van der Waals surface area (Å²) >= 11 is 0. The first-order valence-corrected chi connectivity index (χ1v) is 9.62. The number of aromatic nitrogens is 2. The van der Waals surface area contributed by atoms with Crippen LogP contribution >= 0.6 is 0 Å². The van der Waals surface area contributed by atoms with Crippen LogP contribution < -0.4 is 10.1 Å². The highest BCUT2D eigenvalue weighted by Gasteiger charge is 2.31. The second-order valence-electron chi connectivity index (χ2n) is 6.93. The number of hydrogen-bond acceptors (Lipinski definition) is 4. The highest BCUT2D eigenvalue weighted by Crippen LogP contribution is 2.30. The molecule has 0 radical (unpaired) electrons. The molecule has 0 atom stereocenters. The van der Waals surface area contributed by atoms with E-state index in [0.29, 0.717) is 28.6 Å². The number of ether oxygens (including phenoxy) is 1. The molecular formula is C23H21F4N3O. The lowest BCUT2D eigenvalue weighted by molar-refractivity contribution is -0.274. The molecule has 0 aliphatic carbocycles. The first-order chi connectivity index (χ1) is 14.7. The Morgan fingerprint density at radius 3 is 2.26 bits per heavy atom. The third-order valence-electron chi connectivity index (χ3n) is 4.49. The molecule has 0 bridgehead atoms.